The van der Waals surface area contributed by atoms with Crippen LogP contribution in [0.5, 0.6) is 0 Å². The topological polar surface area (TPSA) is 88.5 Å². The Hall–Kier alpha value is -3.44. The van der Waals surface area contributed by atoms with Gasteiger partial charge < -0.3 is 10.6 Å². The number of rotatable bonds is 5. The van der Waals surface area contributed by atoms with Crippen molar-refractivity contribution < 1.29 is 22.0 Å². The minimum Gasteiger partial charge on any atom is -0.352 e. The maximum atomic E-state index is 13.4. The maximum absolute atomic E-state index is 13.4. The Labute approximate surface area is 161 Å². The molecular weight excluding hydrogens is 397 g/mol. The van der Waals surface area contributed by atoms with Crippen molar-refractivity contribution in [3.63, 3.8) is 0 Å². The lowest BCUT2D eigenvalue weighted by Crippen LogP contribution is -2.15. The van der Waals surface area contributed by atoms with Crippen LogP contribution in [0.15, 0.2) is 30.5 Å². The summed E-state index contributed by atoms with van der Waals surface area (Å²) in [5, 5.41) is 5.47. The van der Waals surface area contributed by atoms with Crippen LogP contribution in [0.4, 0.5) is 39.5 Å². The van der Waals surface area contributed by atoms with Crippen LogP contribution in [-0.4, -0.2) is 31.0 Å². The number of anilines is 3. The summed E-state index contributed by atoms with van der Waals surface area (Å²) in [4.78, 5) is 19.3. The summed E-state index contributed by atoms with van der Waals surface area (Å²) in [6, 6.07) is 3.29. The van der Waals surface area contributed by atoms with Crippen LogP contribution in [0.25, 0.3) is 11.6 Å². The Morgan fingerprint density at radius 1 is 0.862 bits per heavy atom. The maximum Gasteiger partial charge on any atom is 0.433 e. The van der Waals surface area contributed by atoms with Crippen molar-refractivity contribution in [2.45, 2.75) is 26.1 Å². The van der Waals surface area contributed by atoms with Crippen LogP contribution in [0.1, 0.15) is 19.5 Å². The summed E-state index contributed by atoms with van der Waals surface area (Å²) in [6.45, 7) is 3.58. The Morgan fingerprint density at radius 2 is 1.52 bits per heavy atom. The molecule has 0 aliphatic rings. The highest BCUT2D eigenvalue weighted by molar-refractivity contribution is 5.57. The fourth-order valence-corrected chi connectivity index (χ4v) is 2.23. The third kappa shape index (κ3) is 5.30. The van der Waals surface area contributed by atoms with E-state index in [0.717, 1.165) is 18.3 Å². The van der Waals surface area contributed by atoms with Gasteiger partial charge in [0.25, 0.3) is 0 Å². The summed E-state index contributed by atoms with van der Waals surface area (Å²) in [7, 11) is 0. The molecule has 7 nitrogen and oxygen atoms in total. The van der Waals surface area contributed by atoms with Crippen LogP contribution < -0.4 is 10.6 Å². The number of hydrogen-bond acceptors (Lipinski definition) is 7. The molecule has 0 aliphatic heterocycles. The van der Waals surface area contributed by atoms with Crippen molar-refractivity contribution in [2.24, 2.45) is 0 Å². The van der Waals surface area contributed by atoms with E-state index >= 15 is 0 Å². The Kier molecular flexibility index (Phi) is 5.52. The molecule has 0 saturated heterocycles. The standard InChI is InChI=1S/C17H14F5N7/c1-8(2)24-15-27-14(13-23-4-3-12(26-13)17(20,21)22)28-16(29-15)25-11-6-9(18)5-10(19)7-11/h3-8H,1-2H3,(H2,24,25,27,28,29). The number of nitrogens with one attached hydrogen (secondary N) is 2. The van der Waals surface area contributed by atoms with Crippen LogP contribution in [0.2, 0.25) is 0 Å². The Morgan fingerprint density at radius 3 is 2.14 bits per heavy atom. The molecule has 0 bridgehead atoms. The summed E-state index contributed by atoms with van der Waals surface area (Å²) in [5.41, 5.74) is -1.16. The highest BCUT2D eigenvalue weighted by atomic mass is 19.4. The van der Waals surface area contributed by atoms with E-state index in [0.29, 0.717) is 12.1 Å². The number of aromatic nitrogens is 5. The lowest BCUT2D eigenvalue weighted by Gasteiger charge is -2.12. The lowest BCUT2D eigenvalue weighted by atomic mass is 10.3. The zero-order valence-electron chi connectivity index (χ0n) is 15.1. The van der Waals surface area contributed by atoms with Crippen molar-refractivity contribution >= 4 is 17.6 Å². The first-order chi connectivity index (χ1) is 13.6. The summed E-state index contributed by atoms with van der Waals surface area (Å²) < 4.78 is 65.6. The normalized spacial score (nSPS) is 11.6. The second kappa shape index (κ2) is 7.89. The molecule has 1 aromatic carbocycles. The first-order valence-electron chi connectivity index (χ1n) is 8.26. The molecule has 29 heavy (non-hydrogen) atoms. The Bertz CT molecular complexity index is 1000. The van der Waals surface area contributed by atoms with Crippen molar-refractivity contribution in [1.82, 2.24) is 24.9 Å². The van der Waals surface area contributed by atoms with Crippen molar-refractivity contribution in [1.29, 1.82) is 0 Å². The third-order valence-electron chi connectivity index (χ3n) is 3.32. The number of alkyl halides is 3. The fraction of sp³-hybridized carbons (Fsp3) is 0.235. The smallest absolute Gasteiger partial charge is 0.352 e. The molecule has 12 heteroatoms. The van der Waals surface area contributed by atoms with Gasteiger partial charge in [-0.1, -0.05) is 0 Å². The van der Waals surface area contributed by atoms with Gasteiger partial charge in [-0.15, -0.1) is 0 Å². The molecule has 2 heterocycles. The summed E-state index contributed by atoms with van der Waals surface area (Å²) >= 11 is 0. The minimum absolute atomic E-state index is 0.0000996. The van der Waals surface area contributed by atoms with E-state index in [9.17, 15) is 22.0 Å². The van der Waals surface area contributed by atoms with Gasteiger partial charge in [0.15, 0.2) is 5.82 Å². The number of hydrogen-bond donors (Lipinski definition) is 2. The predicted molar refractivity (Wildman–Crippen MR) is 94.3 cm³/mol. The van der Waals surface area contributed by atoms with E-state index in [2.05, 4.69) is 35.6 Å². The van der Waals surface area contributed by atoms with Crippen molar-refractivity contribution in [3.05, 3.63) is 47.8 Å². The van der Waals surface area contributed by atoms with Gasteiger partial charge in [0.2, 0.25) is 17.7 Å². The molecule has 0 amide bonds. The van der Waals surface area contributed by atoms with E-state index < -0.39 is 23.5 Å². The molecule has 152 valence electrons. The molecular formula is C17H14F5N7. The van der Waals surface area contributed by atoms with Gasteiger partial charge in [-0.3, -0.25) is 0 Å². The van der Waals surface area contributed by atoms with Crippen LogP contribution in [-0.2, 0) is 6.18 Å². The summed E-state index contributed by atoms with van der Waals surface area (Å²) in [5.74, 6) is -2.45. The molecule has 0 radical (unpaired) electrons. The van der Waals surface area contributed by atoms with Gasteiger partial charge in [0.1, 0.15) is 17.3 Å². The van der Waals surface area contributed by atoms with Gasteiger partial charge in [0, 0.05) is 24.0 Å². The second-order valence-electron chi connectivity index (χ2n) is 6.15. The van der Waals surface area contributed by atoms with E-state index in [1.807, 2.05) is 0 Å². The molecule has 0 saturated carbocycles. The molecule has 0 fully saturated rings. The molecule has 0 atom stereocenters. The third-order valence-corrected chi connectivity index (χ3v) is 3.32. The van der Waals surface area contributed by atoms with E-state index in [1.165, 1.54) is 0 Å². The van der Waals surface area contributed by atoms with E-state index in [-0.39, 0.29) is 35.3 Å². The quantitative estimate of drug-likeness (QED) is 0.609. The highest BCUT2D eigenvalue weighted by Crippen LogP contribution is 2.28. The monoisotopic (exact) mass is 411 g/mol. The van der Waals surface area contributed by atoms with Gasteiger partial charge in [0.05, 0.1) is 0 Å². The molecule has 0 unspecified atom stereocenters. The van der Waals surface area contributed by atoms with Crippen molar-refractivity contribution in [3.8, 4) is 11.6 Å². The Balaban J connectivity index is 2.04. The average Bonchev–Trinajstić information content (AvgIpc) is 2.59. The second-order valence-corrected chi connectivity index (χ2v) is 6.15. The SMILES string of the molecule is CC(C)Nc1nc(Nc2cc(F)cc(F)c2)nc(-c2nccc(C(F)(F)F)n2)n1. The van der Waals surface area contributed by atoms with Crippen LogP contribution in [0.3, 0.4) is 0 Å². The lowest BCUT2D eigenvalue weighted by molar-refractivity contribution is -0.141. The first-order valence-corrected chi connectivity index (χ1v) is 8.26. The molecule has 3 aromatic rings. The average molecular weight is 411 g/mol. The zero-order chi connectivity index (χ0) is 21.2. The molecule has 2 N–H and O–H groups in total. The van der Waals surface area contributed by atoms with Crippen molar-refractivity contribution in [2.75, 3.05) is 10.6 Å². The fourth-order valence-electron chi connectivity index (χ4n) is 2.23. The zero-order valence-corrected chi connectivity index (χ0v) is 15.1. The van der Waals surface area contributed by atoms with Crippen LogP contribution >= 0.6 is 0 Å². The predicted octanol–water partition coefficient (Wildman–Crippen LogP) is 4.19. The molecule has 2 aromatic heterocycles. The van der Waals surface area contributed by atoms with Gasteiger partial charge in [-0.05, 0) is 32.0 Å². The van der Waals surface area contributed by atoms with Gasteiger partial charge in [-0.2, -0.15) is 28.1 Å². The van der Waals surface area contributed by atoms with Gasteiger partial charge in [-0.25, -0.2) is 18.7 Å². The molecule has 0 aliphatic carbocycles. The molecule has 0 spiro atoms. The van der Waals surface area contributed by atoms with Crippen LogP contribution in [0, 0.1) is 11.6 Å². The highest BCUT2D eigenvalue weighted by Gasteiger charge is 2.33. The number of benzene rings is 1. The molecule has 3 rings (SSSR count). The van der Waals surface area contributed by atoms with Gasteiger partial charge >= 0.3 is 6.18 Å². The van der Waals surface area contributed by atoms with E-state index in [4.69, 9.17) is 0 Å². The van der Waals surface area contributed by atoms with E-state index in [1.54, 1.807) is 13.8 Å². The first kappa shape index (κ1) is 20.3. The summed E-state index contributed by atoms with van der Waals surface area (Å²) in [6.07, 6.45) is -3.75. The number of nitrogens with zero attached hydrogens (tertiary/aromatic N) is 5. The largest absolute Gasteiger partial charge is 0.433 e. The number of halogens is 5. The minimum atomic E-state index is -4.68.